The third kappa shape index (κ3) is 3.27. The molecule has 0 aliphatic carbocycles. The van der Waals surface area contributed by atoms with E-state index in [4.69, 9.17) is 5.11 Å². The van der Waals surface area contributed by atoms with Gasteiger partial charge in [0.25, 0.3) is 0 Å². The number of unbranched alkanes of at least 4 members (excludes halogenated alkanes) is 2. The van der Waals surface area contributed by atoms with Crippen molar-refractivity contribution in [2.24, 2.45) is 0 Å². The Labute approximate surface area is 89.4 Å². The average Bonchev–Trinajstić information content (AvgIpc) is 2.20. The van der Waals surface area contributed by atoms with Crippen LogP contribution in [0.4, 0.5) is 0 Å². The maximum atomic E-state index is 10.7. The van der Waals surface area contributed by atoms with Crippen LogP contribution in [0.1, 0.15) is 42.1 Å². The molecule has 0 radical (unpaired) electrons. The van der Waals surface area contributed by atoms with E-state index < -0.39 is 5.97 Å². The lowest BCUT2D eigenvalue weighted by Gasteiger charge is -2.05. The lowest BCUT2D eigenvalue weighted by Crippen LogP contribution is -1.97. The summed E-state index contributed by atoms with van der Waals surface area (Å²) in [7, 11) is 0. The molecule has 3 heteroatoms. The number of aryl methyl sites for hydroxylation is 1. The van der Waals surface area contributed by atoms with Crippen molar-refractivity contribution in [2.75, 3.05) is 0 Å². The molecule has 15 heavy (non-hydrogen) atoms. The summed E-state index contributed by atoms with van der Waals surface area (Å²) in [4.78, 5) is 10.7. The molecule has 0 bridgehead atoms. The van der Waals surface area contributed by atoms with E-state index in [0.717, 1.165) is 31.2 Å². The number of carboxylic acids is 1. The lowest BCUT2D eigenvalue weighted by atomic mass is 10.0. The zero-order chi connectivity index (χ0) is 11.3. The highest BCUT2D eigenvalue weighted by molar-refractivity contribution is 5.88. The van der Waals surface area contributed by atoms with E-state index in [2.05, 4.69) is 6.92 Å². The topological polar surface area (TPSA) is 57.5 Å². The summed E-state index contributed by atoms with van der Waals surface area (Å²) in [6.07, 6.45) is 3.92. The molecule has 0 fully saturated rings. The van der Waals surface area contributed by atoms with Gasteiger partial charge in [-0.15, -0.1) is 0 Å². The van der Waals surface area contributed by atoms with Gasteiger partial charge in [0.15, 0.2) is 0 Å². The second-order valence-electron chi connectivity index (χ2n) is 3.61. The Morgan fingerprint density at radius 3 is 2.67 bits per heavy atom. The fraction of sp³-hybridized carbons (Fsp3) is 0.417. The number of hydrogen-bond donors (Lipinski definition) is 2. The number of rotatable bonds is 5. The van der Waals surface area contributed by atoms with Gasteiger partial charge in [-0.05, 0) is 36.6 Å². The smallest absolute Gasteiger partial charge is 0.335 e. The van der Waals surface area contributed by atoms with Gasteiger partial charge >= 0.3 is 5.97 Å². The first-order chi connectivity index (χ1) is 7.15. The Bertz CT molecular complexity index is 345. The molecule has 82 valence electrons. The number of benzene rings is 1. The van der Waals surface area contributed by atoms with Crippen molar-refractivity contribution >= 4 is 5.97 Å². The van der Waals surface area contributed by atoms with Gasteiger partial charge in [0, 0.05) is 0 Å². The number of hydrogen-bond acceptors (Lipinski definition) is 2. The third-order valence-electron chi connectivity index (χ3n) is 2.38. The van der Waals surface area contributed by atoms with Crippen LogP contribution >= 0.6 is 0 Å². The van der Waals surface area contributed by atoms with Crippen LogP contribution in [0.3, 0.4) is 0 Å². The molecule has 0 saturated heterocycles. The van der Waals surface area contributed by atoms with Crippen molar-refractivity contribution in [3.63, 3.8) is 0 Å². The Balaban J connectivity index is 2.76. The summed E-state index contributed by atoms with van der Waals surface area (Å²) in [6.45, 7) is 2.10. The lowest BCUT2D eigenvalue weighted by molar-refractivity contribution is 0.0696. The summed E-state index contributed by atoms with van der Waals surface area (Å²) >= 11 is 0. The quantitative estimate of drug-likeness (QED) is 0.731. The first-order valence-corrected chi connectivity index (χ1v) is 5.20. The fourth-order valence-electron chi connectivity index (χ4n) is 1.48. The number of phenolic OH excluding ortho intramolecular Hbond substituents is 1. The van der Waals surface area contributed by atoms with E-state index in [-0.39, 0.29) is 11.3 Å². The van der Waals surface area contributed by atoms with Crippen LogP contribution in [0.5, 0.6) is 5.75 Å². The highest BCUT2D eigenvalue weighted by atomic mass is 16.4. The van der Waals surface area contributed by atoms with E-state index in [9.17, 15) is 9.90 Å². The molecule has 0 aliphatic rings. The number of carboxylic acid groups (broad SMARTS) is 1. The zero-order valence-electron chi connectivity index (χ0n) is 8.86. The molecule has 0 atom stereocenters. The monoisotopic (exact) mass is 208 g/mol. The maximum Gasteiger partial charge on any atom is 0.335 e. The summed E-state index contributed by atoms with van der Waals surface area (Å²) in [5.74, 6) is -0.761. The average molecular weight is 208 g/mol. The molecular formula is C12H16O3. The Kier molecular flexibility index (Phi) is 4.16. The van der Waals surface area contributed by atoms with Gasteiger partial charge in [-0.1, -0.05) is 19.8 Å². The van der Waals surface area contributed by atoms with Crippen molar-refractivity contribution in [1.29, 1.82) is 0 Å². The Hall–Kier alpha value is -1.51. The summed E-state index contributed by atoms with van der Waals surface area (Å²) < 4.78 is 0. The normalized spacial score (nSPS) is 10.2. The first kappa shape index (κ1) is 11.6. The van der Waals surface area contributed by atoms with Crippen LogP contribution in [0.15, 0.2) is 18.2 Å². The van der Waals surface area contributed by atoms with Crippen LogP contribution in [-0.4, -0.2) is 16.2 Å². The largest absolute Gasteiger partial charge is 0.508 e. The molecule has 0 saturated carbocycles. The molecule has 0 spiro atoms. The standard InChI is InChI=1S/C12H16O3/c1-2-3-4-5-9-8-10(12(14)15)6-7-11(9)13/h6-8,13H,2-5H2,1H3,(H,14,15). The molecule has 0 amide bonds. The highest BCUT2D eigenvalue weighted by Crippen LogP contribution is 2.20. The van der Waals surface area contributed by atoms with E-state index in [0.29, 0.717) is 0 Å². The minimum Gasteiger partial charge on any atom is -0.508 e. The highest BCUT2D eigenvalue weighted by Gasteiger charge is 2.07. The molecule has 2 N–H and O–H groups in total. The maximum absolute atomic E-state index is 10.7. The molecule has 0 aromatic heterocycles. The van der Waals surface area contributed by atoms with Crippen molar-refractivity contribution in [1.82, 2.24) is 0 Å². The minimum atomic E-state index is -0.952. The minimum absolute atomic E-state index is 0.191. The first-order valence-electron chi connectivity index (χ1n) is 5.20. The van der Waals surface area contributed by atoms with E-state index in [1.54, 1.807) is 6.07 Å². The van der Waals surface area contributed by atoms with Gasteiger partial charge in [0.2, 0.25) is 0 Å². The van der Waals surface area contributed by atoms with Gasteiger partial charge < -0.3 is 10.2 Å². The number of aromatic carboxylic acids is 1. The van der Waals surface area contributed by atoms with Crippen molar-refractivity contribution in [3.05, 3.63) is 29.3 Å². The zero-order valence-corrected chi connectivity index (χ0v) is 8.86. The van der Waals surface area contributed by atoms with E-state index >= 15 is 0 Å². The third-order valence-corrected chi connectivity index (χ3v) is 2.38. The summed E-state index contributed by atoms with van der Waals surface area (Å²) in [5, 5.41) is 18.3. The number of carbonyl (C=O) groups is 1. The molecule has 1 aromatic rings. The van der Waals surface area contributed by atoms with Crippen LogP contribution in [0.25, 0.3) is 0 Å². The molecule has 3 nitrogen and oxygen atoms in total. The van der Waals surface area contributed by atoms with Crippen LogP contribution in [0.2, 0.25) is 0 Å². The van der Waals surface area contributed by atoms with Crippen molar-refractivity contribution in [2.45, 2.75) is 32.6 Å². The van der Waals surface area contributed by atoms with Crippen molar-refractivity contribution < 1.29 is 15.0 Å². The predicted molar refractivity (Wildman–Crippen MR) is 58.3 cm³/mol. The Morgan fingerprint density at radius 1 is 1.33 bits per heavy atom. The Morgan fingerprint density at radius 2 is 2.07 bits per heavy atom. The second kappa shape index (κ2) is 5.39. The van der Waals surface area contributed by atoms with Gasteiger partial charge in [-0.25, -0.2) is 4.79 Å². The fourth-order valence-corrected chi connectivity index (χ4v) is 1.48. The predicted octanol–water partition coefficient (Wildman–Crippen LogP) is 2.82. The summed E-state index contributed by atoms with van der Waals surface area (Å²) in [6, 6.07) is 4.42. The molecule has 1 aromatic carbocycles. The van der Waals surface area contributed by atoms with Crippen molar-refractivity contribution in [3.8, 4) is 5.75 Å². The number of aromatic hydroxyl groups is 1. The van der Waals surface area contributed by atoms with Gasteiger partial charge in [-0.3, -0.25) is 0 Å². The van der Waals surface area contributed by atoms with Crippen LogP contribution in [-0.2, 0) is 6.42 Å². The van der Waals surface area contributed by atoms with E-state index in [1.165, 1.54) is 12.1 Å². The van der Waals surface area contributed by atoms with E-state index in [1.807, 2.05) is 0 Å². The SMILES string of the molecule is CCCCCc1cc(C(=O)O)ccc1O. The molecule has 0 aliphatic heterocycles. The van der Waals surface area contributed by atoms with Gasteiger partial charge in [0.05, 0.1) is 5.56 Å². The van der Waals surface area contributed by atoms with Gasteiger partial charge in [-0.2, -0.15) is 0 Å². The second-order valence-corrected chi connectivity index (χ2v) is 3.61. The number of phenols is 1. The molecular weight excluding hydrogens is 192 g/mol. The summed E-state index contributed by atoms with van der Waals surface area (Å²) in [5.41, 5.74) is 0.961. The molecule has 0 heterocycles. The van der Waals surface area contributed by atoms with Crippen LogP contribution < -0.4 is 0 Å². The molecule has 0 unspecified atom stereocenters. The van der Waals surface area contributed by atoms with Crippen LogP contribution in [0, 0.1) is 0 Å². The molecule has 1 rings (SSSR count). The van der Waals surface area contributed by atoms with Gasteiger partial charge in [0.1, 0.15) is 5.75 Å².